The number of thiocarbonyl (C=S) groups is 1. The zero-order valence-electron chi connectivity index (χ0n) is 25.1. The molecule has 1 amide bonds. The van der Waals surface area contributed by atoms with Gasteiger partial charge in [-0.15, -0.1) is 0 Å². The van der Waals surface area contributed by atoms with E-state index in [9.17, 15) is 9.59 Å². The quantitative estimate of drug-likeness (QED) is 0.0767. The largest absolute Gasteiger partial charge is 0.490 e. The van der Waals surface area contributed by atoms with Crippen LogP contribution in [0.3, 0.4) is 0 Å². The molecule has 0 saturated heterocycles. The van der Waals surface area contributed by atoms with Crippen LogP contribution in [-0.2, 0) is 20.9 Å². The summed E-state index contributed by atoms with van der Waals surface area (Å²) in [5.41, 5.74) is 5.49. The number of esters is 1. The number of hydrogen-bond acceptors (Lipinski definition) is 8. The van der Waals surface area contributed by atoms with Crippen LogP contribution in [0.15, 0.2) is 75.4 Å². The molecule has 0 bridgehead atoms. The van der Waals surface area contributed by atoms with Crippen LogP contribution in [0.25, 0.3) is 0 Å². The highest BCUT2D eigenvalue weighted by atomic mass is 79.9. The van der Waals surface area contributed by atoms with E-state index in [2.05, 4.69) is 37.1 Å². The number of nitrogens with one attached hydrogen (secondary N) is 3. The topological polar surface area (TPSA) is 120 Å². The molecular formula is C32H31BrCl2N4O6S. The van der Waals surface area contributed by atoms with Gasteiger partial charge in [0.25, 0.3) is 5.91 Å². The van der Waals surface area contributed by atoms with Gasteiger partial charge in [-0.25, -0.2) is 10.2 Å². The van der Waals surface area contributed by atoms with E-state index in [1.54, 1.807) is 62.4 Å². The Balaban J connectivity index is 1.41. The molecule has 1 heterocycles. The van der Waals surface area contributed by atoms with Gasteiger partial charge in [0, 0.05) is 11.3 Å². The van der Waals surface area contributed by atoms with E-state index in [0.717, 1.165) is 5.56 Å². The van der Waals surface area contributed by atoms with Crippen LogP contribution in [0, 0.1) is 0 Å². The lowest BCUT2D eigenvalue weighted by Crippen LogP contribution is -2.45. The van der Waals surface area contributed by atoms with Crippen molar-refractivity contribution < 1.29 is 28.5 Å². The Kier molecular flexibility index (Phi) is 12.7. The number of rotatable bonds is 13. The number of ether oxygens (including phenoxy) is 4. The van der Waals surface area contributed by atoms with Crippen molar-refractivity contribution >= 4 is 74.6 Å². The summed E-state index contributed by atoms with van der Waals surface area (Å²) in [5.74, 6) is 0.395. The van der Waals surface area contributed by atoms with E-state index in [4.69, 9.17) is 54.4 Å². The van der Waals surface area contributed by atoms with Gasteiger partial charge in [-0.2, -0.15) is 5.10 Å². The van der Waals surface area contributed by atoms with E-state index < -0.39 is 17.9 Å². The summed E-state index contributed by atoms with van der Waals surface area (Å²) < 4.78 is 23.6. The van der Waals surface area contributed by atoms with Crippen molar-refractivity contribution in [2.45, 2.75) is 33.4 Å². The average Bonchev–Trinajstić information content (AvgIpc) is 3.01. The highest BCUT2D eigenvalue weighted by Gasteiger charge is 2.32. The summed E-state index contributed by atoms with van der Waals surface area (Å²) in [6.45, 7) is 5.86. The molecule has 14 heteroatoms. The molecule has 0 aliphatic carbocycles. The SMILES string of the molecule is CCOC(=O)C1=C(C)NC(=S)N[C@H]1c1ccccc1OCC(=O)NN=Cc1cc(Br)c(OCc2ccc(Cl)c(Cl)c2)c(OCC)c1. The Morgan fingerprint density at radius 1 is 1.02 bits per heavy atom. The fourth-order valence-corrected chi connectivity index (χ4v) is 5.63. The summed E-state index contributed by atoms with van der Waals surface area (Å²) >= 11 is 21.0. The highest BCUT2D eigenvalue weighted by Crippen LogP contribution is 2.38. The number of carbonyl (C=O) groups is 2. The first-order chi connectivity index (χ1) is 22.1. The number of para-hydroxylation sites is 1. The van der Waals surface area contributed by atoms with Crippen LogP contribution in [0.4, 0.5) is 0 Å². The fraction of sp³-hybridized carbons (Fsp3) is 0.250. The first-order valence-corrected chi connectivity index (χ1v) is 16.1. The number of benzene rings is 3. The van der Waals surface area contributed by atoms with Crippen LogP contribution in [0.2, 0.25) is 10.0 Å². The van der Waals surface area contributed by atoms with Crippen LogP contribution in [-0.4, -0.2) is 43.0 Å². The van der Waals surface area contributed by atoms with E-state index in [-0.39, 0.29) is 19.8 Å². The molecule has 1 atom stereocenters. The number of allylic oxidation sites excluding steroid dienone is 1. The van der Waals surface area contributed by atoms with Crippen LogP contribution in [0.1, 0.15) is 43.5 Å². The first-order valence-electron chi connectivity index (χ1n) is 14.1. The van der Waals surface area contributed by atoms with Gasteiger partial charge in [-0.05, 0) is 90.4 Å². The third-order valence-electron chi connectivity index (χ3n) is 6.46. The van der Waals surface area contributed by atoms with Crippen LogP contribution >= 0.6 is 51.3 Å². The summed E-state index contributed by atoms with van der Waals surface area (Å²) in [7, 11) is 0. The van der Waals surface area contributed by atoms with Crippen molar-refractivity contribution in [1.82, 2.24) is 16.1 Å². The Morgan fingerprint density at radius 3 is 2.54 bits per heavy atom. The molecule has 3 N–H and O–H groups in total. The highest BCUT2D eigenvalue weighted by molar-refractivity contribution is 9.10. The van der Waals surface area contributed by atoms with E-state index >= 15 is 0 Å². The normalized spacial score (nSPS) is 14.4. The third-order valence-corrected chi connectivity index (χ3v) is 8.00. The summed E-state index contributed by atoms with van der Waals surface area (Å²) in [6, 6.07) is 15.2. The van der Waals surface area contributed by atoms with Crippen molar-refractivity contribution in [1.29, 1.82) is 0 Å². The van der Waals surface area contributed by atoms with Gasteiger partial charge < -0.3 is 29.6 Å². The van der Waals surface area contributed by atoms with E-state index in [1.807, 2.05) is 13.0 Å². The molecule has 0 radical (unpaired) electrons. The number of hydrogen-bond donors (Lipinski definition) is 3. The predicted molar refractivity (Wildman–Crippen MR) is 185 cm³/mol. The number of hydrazone groups is 1. The van der Waals surface area contributed by atoms with Gasteiger partial charge in [-0.3, -0.25) is 4.79 Å². The van der Waals surface area contributed by atoms with Crippen LogP contribution in [0.5, 0.6) is 17.2 Å². The second-order valence-electron chi connectivity index (χ2n) is 9.71. The van der Waals surface area contributed by atoms with Gasteiger partial charge in [-0.1, -0.05) is 47.5 Å². The Hall–Kier alpha value is -3.84. The molecular weight excluding hydrogens is 719 g/mol. The molecule has 0 aromatic heterocycles. The van der Waals surface area contributed by atoms with Gasteiger partial charge in [0.2, 0.25) is 0 Å². The van der Waals surface area contributed by atoms with Crippen molar-refractivity contribution in [3.8, 4) is 17.2 Å². The second-order valence-corrected chi connectivity index (χ2v) is 11.8. The zero-order valence-corrected chi connectivity index (χ0v) is 29.0. The van der Waals surface area contributed by atoms with Gasteiger partial charge in [0.05, 0.1) is 45.6 Å². The van der Waals surface area contributed by atoms with Crippen molar-refractivity contribution in [3.63, 3.8) is 0 Å². The molecule has 10 nitrogen and oxygen atoms in total. The lowest BCUT2D eigenvalue weighted by atomic mass is 9.95. The lowest BCUT2D eigenvalue weighted by molar-refractivity contribution is -0.139. The molecule has 0 unspecified atom stereocenters. The molecule has 4 rings (SSSR count). The maximum Gasteiger partial charge on any atom is 0.338 e. The molecule has 0 spiro atoms. The summed E-state index contributed by atoms with van der Waals surface area (Å²) in [5, 5.41) is 11.4. The monoisotopic (exact) mass is 748 g/mol. The molecule has 46 heavy (non-hydrogen) atoms. The Morgan fingerprint density at radius 2 is 1.80 bits per heavy atom. The predicted octanol–water partition coefficient (Wildman–Crippen LogP) is 6.62. The number of nitrogens with zero attached hydrogens (tertiary/aromatic N) is 1. The zero-order chi connectivity index (χ0) is 33.2. The maximum absolute atomic E-state index is 12.8. The number of halogens is 3. The minimum absolute atomic E-state index is 0.216. The summed E-state index contributed by atoms with van der Waals surface area (Å²) in [4.78, 5) is 25.4. The van der Waals surface area contributed by atoms with Gasteiger partial charge >= 0.3 is 5.97 Å². The molecule has 0 saturated carbocycles. The van der Waals surface area contributed by atoms with Crippen LogP contribution < -0.4 is 30.3 Å². The van der Waals surface area contributed by atoms with Crippen molar-refractivity contribution in [3.05, 3.63) is 97.1 Å². The fourth-order valence-electron chi connectivity index (χ4n) is 4.46. The first kappa shape index (κ1) is 35.0. The molecule has 3 aromatic rings. The van der Waals surface area contributed by atoms with Gasteiger partial charge in [0.15, 0.2) is 23.2 Å². The smallest absolute Gasteiger partial charge is 0.338 e. The van der Waals surface area contributed by atoms with E-state index in [1.165, 1.54) is 6.21 Å². The molecule has 3 aromatic carbocycles. The third kappa shape index (κ3) is 9.12. The Bertz CT molecular complexity index is 1690. The number of carbonyl (C=O) groups excluding carboxylic acids is 2. The molecule has 1 aliphatic rings. The Labute approximate surface area is 290 Å². The average molecular weight is 750 g/mol. The van der Waals surface area contributed by atoms with Gasteiger partial charge in [0.1, 0.15) is 12.4 Å². The minimum Gasteiger partial charge on any atom is -0.490 e. The van der Waals surface area contributed by atoms with Crippen molar-refractivity contribution in [2.75, 3.05) is 19.8 Å². The van der Waals surface area contributed by atoms with E-state index in [0.29, 0.717) is 65.9 Å². The molecule has 1 aliphatic heterocycles. The standard InChI is InChI=1S/C32H31BrCl2N4O6S/c1-4-42-26-14-20(12-22(33)30(26)45-16-19-10-11-23(34)24(35)13-19)15-36-39-27(40)17-44-25-9-7-6-8-21(25)29-28(31(41)43-5-2)18(3)37-32(46)38-29/h6-15,29H,4-5,16-17H2,1-3H3,(H,39,40)(H2,37,38,46)/t29-/m0/s1. The molecule has 0 fully saturated rings. The second kappa shape index (κ2) is 16.6. The van der Waals surface area contributed by atoms with Crippen molar-refractivity contribution in [2.24, 2.45) is 5.10 Å². The lowest BCUT2D eigenvalue weighted by Gasteiger charge is -2.30. The maximum atomic E-state index is 12.8. The minimum atomic E-state index is -0.640. The summed E-state index contributed by atoms with van der Waals surface area (Å²) in [6.07, 6.45) is 1.47. The number of amides is 1. The molecule has 242 valence electrons.